The molecule has 0 saturated heterocycles. The van der Waals surface area contributed by atoms with E-state index in [0.717, 1.165) is 17.9 Å². The molecule has 0 saturated carbocycles. The number of ether oxygens (including phenoxy) is 1. The number of nitrogens with one attached hydrogen (secondary N) is 1. The van der Waals surface area contributed by atoms with E-state index in [-0.39, 0.29) is 0 Å². The van der Waals surface area contributed by atoms with Gasteiger partial charge in [0, 0.05) is 0 Å². The molecule has 78 valence electrons. The van der Waals surface area contributed by atoms with Gasteiger partial charge in [0.1, 0.15) is 5.75 Å². The molecule has 1 aromatic rings. The lowest BCUT2D eigenvalue weighted by Gasteiger charge is -2.11. The Kier molecular flexibility index (Phi) is 4.43. The predicted molar refractivity (Wildman–Crippen MR) is 56.5 cm³/mol. The van der Waals surface area contributed by atoms with Crippen LogP contribution < -0.4 is 10.1 Å². The van der Waals surface area contributed by atoms with Crippen LogP contribution in [0.4, 0.5) is 0 Å². The van der Waals surface area contributed by atoms with Gasteiger partial charge in [-0.1, -0.05) is 12.1 Å². The van der Waals surface area contributed by atoms with Gasteiger partial charge in [-0.3, -0.25) is 0 Å². The van der Waals surface area contributed by atoms with Crippen molar-refractivity contribution in [2.24, 2.45) is 0 Å². The van der Waals surface area contributed by atoms with Crippen molar-refractivity contribution in [2.45, 2.75) is 12.5 Å². The smallest absolute Gasteiger partial charge is 0.119 e. The van der Waals surface area contributed by atoms with Crippen LogP contribution >= 0.6 is 0 Å². The van der Waals surface area contributed by atoms with Crippen LogP contribution in [0.15, 0.2) is 24.3 Å². The van der Waals surface area contributed by atoms with Crippen molar-refractivity contribution in [2.75, 3.05) is 20.7 Å². The molecule has 0 aliphatic rings. The van der Waals surface area contributed by atoms with E-state index in [2.05, 4.69) is 5.32 Å². The molecule has 1 aromatic carbocycles. The standard InChI is InChI=1S/C11H17NO2/c1-12-7-6-11(13)9-4-3-5-10(8-9)14-2/h3-5,8,11-13H,6-7H2,1-2H3. The van der Waals surface area contributed by atoms with E-state index < -0.39 is 6.10 Å². The van der Waals surface area contributed by atoms with Crippen LogP contribution in [0.25, 0.3) is 0 Å². The zero-order valence-corrected chi connectivity index (χ0v) is 8.66. The second kappa shape index (κ2) is 5.62. The lowest BCUT2D eigenvalue weighted by molar-refractivity contribution is 0.167. The van der Waals surface area contributed by atoms with Crippen molar-refractivity contribution >= 4 is 0 Å². The maximum Gasteiger partial charge on any atom is 0.119 e. The first-order valence-corrected chi connectivity index (χ1v) is 4.74. The summed E-state index contributed by atoms with van der Waals surface area (Å²) >= 11 is 0. The molecule has 3 nitrogen and oxygen atoms in total. The lowest BCUT2D eigenvalue weighted by Crippen LogP contribution is -2.11. The van der Waals surface area contributed by atoms with E-state index in [0.29, 0.717) is 6.42 Å². The molecule has 0 amide bonds. The zero-order valence-electron chi connectivity index (χ0n) is 8.66. The Hall–Kier alpha value is -1.06. The van der Waals surface area contributed by atoms with E-state index in [1.807, 2.05) is 31.3 Å². The summed E-state index contributed by atoms with van der Waals surface area (Å²) in [6, 6.07) is 7.52. The Balaban J connectivity index is 2.64. The van der Waals surface area contributed by atoms with Crippen LogP contribution in [0.1, 0.15) is 18.1 Å². The molecule has 14 heavy (non-hydrogen) atoms. The van der Waals surface area contributed by atoms with Gasteiger partial charge in [-0.15, -0.1) is 0 Å². The second-order valence-electron chi connectivity index (χ2n) is 3.18. The van der Waals surface area contributed by atoms with Gasteiger partial charge in [0.25, 0.3) is 0 Å². The maximum absolute atomic E-state index is 9.78. The first kappa shape index (κ1) is 11.0. The first-order chi connectivity index (χ1) is 6.77. The number of hydrogen-bond acceptors (Lipinski definition) is 3. The molecule has 3 heteroatoms. The van der Waals surface area contributed by atoms with E-state index in [9.17, 15) is 5.11 Å². The molecule has 0 aromatic heterocycles. The Morgan fingerprint density at radius 1 is 1.50 bits per heavy atom. The summed E-state index contributed by atoms with van der Waals surface area (Å²) in [6.45, 7) is 0.804. The minimum absolute atomic E-state index is 0.419. The SMILES string of the molecule is CNCCC(O)c1cccc(OC)c1. The molecule has 2 N–H and O–H groups in total. The van der Waals surface area contributed by atoms with Crippen LogP contribution in [0, 0.1) is 0 Å². The van der Waals surface area contributed by atoms with Crippen molar-refractivity contribution in [1.82, 2.24) is 5.32 Å². The summed E-state index contributed by atoms with van der Waals surface area (Å²) in [5, 5.41) is 12.8. The zero-order chi connectivity index (χ0) is 10.4. The highest BCUT2D eigenvalue weighted by Gasteiger charge is 2.06. The van der Waals surface area contributed by atoms with Gasteiger partial charge in [0.15, 0.2) is 0 Å². The summed E-state index contributed by atoms with van der Waals surface area (Å²) in [7, 11) is 3.50. The molecular weight excluding hydrogens is 178 g/mol. The monoisotopic (exact) mass is 195 g/mol. The first-order valence-electron chi connectivity index (χ1n) is 4.74. The van der Waals surface area contributed by atoms with Crippen LogP contribution in [-0.4, -0.2) is 25.8 Å². The Morgan fingerprint density at radius 2 is 2.29 bits per heavy atom. The van der Waals surface area contributed by atoms with Crippen LogP contribution in [0.5, 0.6) is 5.75 Å². The highest BCUT2D eigenvalue weighted by Crippen LogP contribution is 2.20. The van der Waals surface area contributed by atoms with Crippen molar-refractivity contribution in [3.05, 3.63) is 29.8 Å². The molecule has 0 radical (unpaired) electrons. The molecule has 0 bridgehead atoms. The fraction of sp³-hybridized carbons (Fsp3) is 0.455. The van der Waals surface area contributed by atoms with Crippen LogP contribution in [0.2, 0.25) is 0 Å². The van der Waals surface area contributed by atoms with Crippen molar-refractivity contribution < 1.29 is 9.84 Å². The van der Waals surface area contributed by atoms with Gasteiger partial charge < -0.3 is 15.2 Å². The number of rotatable bonds is 5. The average molecular weight is 195 g/mol. The summed E-state index contributed by atoms with van der Waals surface area (Å²) in [5.74, 6) is 0.783. The molecule has 1 rings (SSSR count). The van der Waals surface area contributed by atoms with Crippen molar-refractivity contribution in [3.63, 3.8) is 0 Å². The normalized spacial score (nSPS) is 12.5. The van der Waals surface area contributed by atoms with Crippen LogP contribution in [-0.2, 0) is 0 Å². The Bertz CT molecular complexity index is 276. The highest BCUT2D eigenvalue weighted by molar-refractivity contribution is 5.29. The van der Waals surface area contributed by atoms with Crippen molar-refractivity contribution in [1.29, 1.82) is 0 Å². The summed E-state index contributed by atoms with van der Waals surface area (Å²) < 4.78 is 5.08. The van der Waals surface area contributed by atoms with Gasteiger partial charge in [-0.2, -0.15) is 0 Å². The minimum atomic E-state index is -0.419. The molecule has 0 spiro atoms. The summed E-state index contributed by atoms with van der Waals surface area (Å²) in [4.78, 5) is 0. The third kappa shape index (κ3) is 3.01. The second-order valence-corrected chi connectivity index (χ2v) is 3.18. The van der Waals surface area contributed by atoms with E-state index in [1.54, 1.807) is 7.11 Å². The third-order valence-electron chi connectivity index (χ3n) is 2.15. The molecule has 1 unspecified atom stereocenters. The fourth-order valence-corrected chi connectivity index (χ4v) is 1.30. The van der Waals surface area contributed by atoms with E-state index in [4.69, 9.17) is 4.74 Å². The number of aliphatic hydroxyl groups excluding tert-OH is 1. The molecule has 0 fully saturated rings. The quantitative estimate of drug-likeness (QED) is 0.745. The number of methoxy groups -OCH3 is 1. The van der Waals surface area contributed by atoms with Gasteiger partial charge in [0.05, 0.1) is 13.2 Å². The van der Waals surface area contributed by atoms with E-state index >= 15 is 0 Å². The third-order valence-corrected chi connectivity index (χ3v) is 2.15. The summed E-state index contributed by atoms with van der Waals surface area (Å²) in [6.07, 6.45) is 0.293. The number of hydrogen-bond donors (Lipinski definition) is 2. The minimum Gasteiger partial charge on any atom is -0.497 e. The molecule has 0 aliphatic heterocycles. The topological polar surface area (TPSA) is 41.5 Å². The molecule has 1 atom stereocenters. The van der Waals surface area contributed by atoms with Gasteiger partial charge in [0.2, 0.25) is 0 Å². The molecular formula is C11H17NO2. The maximum atomic E-state index is 9.78. The Labute approximate surface area is 84.7 Å². The number of aliphatic hydroxyl groups is 1. The van der Waals surface area contributed by atoms with Gasteiger partial charge in [-0.05, 0) is 37.7 Å². The average Bonchev–Trinajstić information content (AvgIpc) is 2.26. The van der Waals surface area contributed by atoms with Crippen molar-refractivity contribution in [3.8, 4) is 5.75 Å². The Morgan fingerprint density at radius 3 is 2.93 bits per heavy atom. The number of benzene rings is 1. The van der Waals surface area contributed by atoms with E-state index in [1.165, 1.54) is 0 Å². The van der Waals surface area contributed by atoms with Crippen LogP contribution in [0.3, 0.4) is 0 Å². The lowest BCUT2D eigenvalue weighted by atomic mass is 10.1. The highest BCUT2D eigenvalue weighted by atomic mass is 16.5. The predicted octanol–water partition coefficient (Wildman–Crippen LogP) is 1.34. The van der Waals surface area contributed by atoms with Gasteiger partial charge in [-0.25, -0.2) is 0 Å². The van der Waals surface area contributed by atoms with Gasteiger partial charge >= 0.3 is 0 Å². The molecule has 0 aliphatic carbocycles. The largest absolute Gasteiger partial charge is 0.497 e. The fourth-order valence-electron chi connectivity index (χ4n) is 1.30. The summed E-state index contributed by atoms with van der Waals surface area (Å²) in [5.41, 5.74) is 0.902. The molecule has 0 heterocycles.